The summed E-state index contributed by atoms with van der Waals surface area (Å²) in [6.07, 6.45) is 1.51. The quantitative estimate of drug-likeness (QED) is 0.483. The van der Waals surface area contributed by atoms with Crippen molar-refractivity contribution in [3.05, 3.63) is 68.9 Å². The van der Waals surface area contributed by atoms with E-state index in [1.807, 2.05) is 6.07 Å². The average molecular weight is 434 g/mol. The van der Waals surface area contributed by atoms with Crippen molar-refractivity contribution in [1.29, 1.82) is 0 Å². The topological polar surface area (TPSA) is 103 Å². The highest BCUT2D eigenvalue weighted by Crippen LogP contribution is 2.34. The van der Waals surface area contributed by atoms with Gasteiger partial charge >= 0.3 is 0 Å². The van der Waals surface area contributed by atoms with Gasteiger partial charge in [0.15, 0.2) is 5.16 Å². The Bertz CT molecular complexity index is 992. The van der Waals surface area contributed by atoms with E-state index in [0.29, 0.717) is 15.7 Å². The van der Waals surface area contributed by atoms with E-state index in [9.17, 15) is 14.9 Å². The summed E-state index contributed by atoms with van der Waals surface area (Å²) < 4.78 is 2.37. The summed E-state index contributed by atoms with van der Waals surface area (Å²) in [6.45, 7) is 0. The van der Waals surface area contributed by atoms with Gasteiger partial charge in [0.1, 0.15) is 6.33 Å². The van der Waals surface area contributed by atoms with Crippen molar-refractivity contribution >= 4 is 45.0 Å². The Morgan fingerprint density at radius 3 is 2.73 bits per heavy atom. The number of amides is 1. The Balaban J connectivity index is 1.88. The van der Waals surface area contributed by atoms with Crippen LogP contribution in [0.3, 0.4) is 0 Å². The first-order valence-electron chi connectivity index (χ1n) is 7.32. The number of nitrogens with zero attached hydrogens (tertiary/aromatic N) is 4. The van der Waals surface area contributed by atoms with Gasteiger partial charge in [0.25, 0.3) is 11.6 Å². The molecule has 3 rings (SSSR count). The van der Waals surface area contributed by atoms with Crippen molar-refractivity contribution in [1.82, 2.24) is 14.8 Å². The van der Waals surface area contributed by atoms with E-state index in [4.69, 9.17) is 0 Å². The van der Waals surface area contributed by atoms with Gasteiger partial charge in [-0.2, -0.15) is 0 Å². The summed E-state index contributed by atoms with van der Waals surface area (Å²) in [4.78, 5) is 23.7. The average Bonchev–Trinajstić information content (AvgIpc) is 3.02. The van der Waals surface area contributed by atoms with Crippen LogP contribution >= 0.6 is 27.7 Å². The number of hydrogen-bond donors (Lipinski definition) is 1. The third-order valence-corrected chi connectivity index (χ3v) is 5.22. The number of nitrogens with one attached hydrogen (secondary N) is 1. The second kappa shape index (κ2) is 7.67. The number of para-hydroxylation sites is 1. The van der Waals surface area contributed by atoms with E-state index in [-0.39, 0.29) is 11.3 Å². The summed E-state index contributed by atoms with van der Waals surface area (Å²) in [7, 11) is 1.74. The second-order valence-corrected chi connectivity index (χ2v) is 7.06. The monoisotopic (exact) mass is 433 g/mol. The lowest BCUT2D eigenvalue weighted by atomic mass is 10.2. The molecular formula is C16H12BrN5O3S. The summed E-state index contributed by atoms with van der Waals surface area (Å²) in [5.74, 6) is -0.435. The highest BCUT2D eigenvalue weighted by atomic mass is 79.9. The molecule has 0 bridgehead atoms. The van der Waals surface area contributed by atoms with Gasteiger partial charge in [-0.05, 0) is 52.0 Å². The van der Waals surface area contributed by atoms with Gasteiger partial charge in [-0.1, -0.05) is 12.1 Å². The lowest BCUT2D eigenvalue weighted by Crippen LogP contribution is -2.12. The fraction of sp³-hybridized carbons (Fsp3) is 0.0625. The molecule has 0 radical (unpaired) electrons. The molecule has 1 N–H and O–H groups in total. The molecule has 2 aromatic carbocycles. The molecule has 0 saturated carbocycles. The number of rotatable bonds is 5. The van der Waals surface area contributed by atoms with Gasteiger partial charge in [-0.25, -0.2) is 0 Å². The van der Waals surface area contributed by atoms with Crippen LogP contribution in [0.1, 0.15) is 10.4 Å². The van der Waals surface area contributed by atoms with Crippen LogP contribution in [0.15, 0.2) is 63.3 Å². The highest BCUT2D eigenvalue weighted by molar-refractivity contribution is 9.10. The zero-order valence-corrected chi connectivity index (χ0v) is 15.8. The van der Waals surface area contributed by atoms with Crippen LogP contribution in [-0.4, -0.2) is 25.6 Å². The molecule has 0 atom stereocenters. The second-order valence-electron chi connectivity index (χ2n) is 5.20. The molecule has 0 spiro atoms. The molecule has 0 unspecified atom stereocenters. The molecule has 0 saturated heterocycles. The number of benzene rings is 2. The molecule has 0 aliphatic heterocycles. The number of carbonyl (C=O) groups excluding carboxylic acids is 1. The fourth-order valence-corrected chi connectivity index (χ4v) is 3.34. The van der Waals surface area contributed by atoms with E-state index >= 15 is 0 Å². The van der Waals surface area contributed by atoms with Crippen LogP contribution in [0, 0.1) is 10.1 Å². The molecule has 3 aromatic rings. The summed E-state index contributed by atoms with van der Waals surface area (Å²) in [5.41, 5.74) is 0.602. The molecule has 10 heteroatoms. The van der Waals surface area contributed by atoms with Crippen molar-refractivity contribution in [3.63, 3.8) is 0 Å². The first-order valence-corrected chi connectivity index (χ1v) is 8.93. The van der Waals surface area contributed by atoms with Crippen molar-refractivity contribution < 1.29 is 9.72 Å². The van der Waals surface area contributed by atoms with Crippen molar-refractivity contribution in [3.8, 4) is 0 Å². The zero-order valence-electron chi connectivity index (χ0n) is 13.4. The summed E-state index contributed by atoms with van der Waals surface area (Å²) in [5, 5.41) is 22.3. The third-order valence-electron chi connectivity index (χ3n) is 3.41. The number of aromatic nitrogens is 3. The molecule has 1 amide bonds. The smallest absolute Gasteiger partial charge is 0.284 e. The molecule has 8 nitrogen and oxygen atoms in total. The molecule has 0 aliphatic carbocycles. The van der Waals surface area contributed by atoms with Gasteiger partial charge < -0.3 is 9.88 Å². The van der Waals surface area contributed by atoms with Crippen LogP contribution in [0.4, 0.5) is 11.4 Å². The number of carbonyl (C=O) groups is 1. The minimum atomic E-state index is -0.520. The summed E-state index contributed by atoms with van der Waals surface area (Å²) >= 11 is 4.46. The van der Waals surface area contributed by atoms with Crippen molar-refractivity contribution in [2.75, 3.05) is 5.32 Å². The van der Waals surface area contributed by atoms with E-state index in [1.54, 1.807) is 29.8 Å². The predicted molar refractivity (Wildman–Crippen MR) is 100 cm³/mol. The Morgan fingerprint density at radius 1 is 1.31 bits per heavy atom. The predicted octanol–water partition coefficient (Wildman–Crippen LogP) is 3.89. The fourth-order valence-electron chi connectivity index (χ4n) is 2.11. The van der Waals surface area contributed by atoms with Crippen LogP contribution < -0.4 is 5.32 Å². The molecule has 1 aromatic heterocycles. The number of hydrogen-bond acceptors (Lipinski definition) is 6. The Labute approximate surface area is 160 Å². The van der Waals surface area contributed by atoms with E-state index in [2.05, 4.69) is 31.4 Å². The largest absolute Gasteiger partial charge is 0.321 e. The zero-order chi connectivity index (χ0) is 18.7. The van der Waals surface area contributed by atoms with Crippen molar-refractivity contribution in [2.45, 2.75) is 10.1 Å². The maximum Gasteiger partial charge on any atom is 0.284 e. The van der Waals surface area contributed by atoms with Gasteiger partial charge in [0.2, 0.25) is 0 Å². The van der Waals surface area contributed by atoms with Gasteiger partial charge in [0, 0.05) is 23.2 Å². The minimum absolute atomic E-state index is 0.169. The first kappa shape index (κ1) is 18.1. The highest BCUT2D eigenvalue weighted by Gasteiger charge is 2.20. The Kier molecular flexibility index (Phi) is 5.33. The number of nitro benzene ring substituents is 1. The standard InChI is InChI=1S/C16H12BrN5O3S/c1-21-9-18-20-16(21)26-14-7-6-10(8-13(14)22(24)25)15(23)19-12-5-3-2-4-11(12)17/h2-9H,1H3,(H,19,23). The minimum Gasteiger partial charge on any atom is -0.321 e. The maximum absolute atomic E-state index is 12.4. The number of nitro groups is 1. The third kappa shape index (κ3) is 3.92. The molecule has 132 valence electrons. The van der Waals surface area contributed by atoms with Gasteiger partial charge in [0.05, 0.1) is 15.5 Å². The normalized spacial score (nSPS) is 10.5. The molecular weight excluding hydrogens is 422 g/mol. The van der Waals surface area contributed by atoms with E-state index in [1.165, 1.54) is 24.5 Å². The lowest BCUT2D eigenvalue weighted by molar-refractivity contribution is -0.387. The maximum atomic E-state index is 12.4. The Morgan fingerprint density at radius 2 is 2.08 bits per heavy atom. The van der Waals surface area contributed by atoms with Crippen LogP contribution in [0.5, 0.6) is 0 Å². The Hall–Kier alpha value is -2.72. The number of aryl methyl sites for hydroxylation is 1. The summed E-state index contributed by atoms with van der Waals surface area (Å²) in [6, 6.07) is 11.5. The van der Waals surface area contributed by atoms with E-state index < -0.39 is 10.8 Å². The molecule has 0 aliphatic rings. The number of anilines is 1. The number of halogens is 1. The molecule has 1 heterocycles. The molecule has 26 heavy (non-hydrogen) atoms. The van der Waals surface area contributed by atoms with Crippen LogP contribution in [-0.2, 0) is 7.05 Å². The van der Waals surface area contributed by atoms with Gasteiger partial charge in [-0.3, -0.25) is 14.9 Å². The van der Waals surface area contributed by atoms with Crippen LogP contribution in [0.2, 0.25) is 0 Å². The van der Waals surface area contributed by atoms with Crippen LogP contribution in [0.25, 0.3) is 0 Å². The van der Waals surface area contributed by atoms with Crippen molar-refractivity contribution in [2.24, 2.45) is 7.05 Å². The SMILES string of the molecule is Cn1cnnc1Sc1ccc(C(=O)Nc2ccccc2Br)cc1[N+](=O)[O-]. The van der Waals surface area contributed by atoms with Gasteiger partial charge in [-0.15, -0.1) is 10.2 Å². The first-order chi connectivity index (χ1) is 12.5. The molecule has 0 fully saturated rings. The lowest BCUT2D eigenvalue weighted by Gasteiger charge is -2.08. The van der Waals surface area contributed by atoms with E-state index in [0.717, 1.165) is 16.2 Å².